The lowest BCUT2D eigenvalue weighted by Gasteiger charge is -2.01. The molecule has 1 atom stereocenters. The van der Waals surface area contributed by atoms with E-state index in [1.54, 1.807) is 0 Å². The number of imidazole rings is 1. The van der Waals surface area contributed by atoms with Crippen LogP contribution < -0.4 is 5.69 Å². The molecule has 0 spiro atoms. The summed E-state index contributed by atoms with van der Waals surface area (Å²) in [5, 5.41) is 17.5. The highest BCUT2D eigenvalue weighted by Crippen LogP contribution is 1.93. The fraction of sp³-hybridized carbons (Fsp3) is 0.400. The monoisotopic (exact) mass is 144 g/mol. The standard InChI is InChI=1S/C5H8N2O3/c1-4(8)6-2-3-7(10)5(6)9/h2-4,8,10H,1H3. The van der Waals surface area contributed by atoms with Gasteiger partial charge in [0.05, 0.1) is 6.20 Å². The first-order valence-corrected chi connectivity index (χ1v) is 2.79. The molecular formula is C5H8N2O3. The summed E-state index contributed by atoms with van der Waals surface area (Å²) in [5.41, 5.74) is -0.644. The van der Waals surface area contributed by atoms with Gasteiger partial charge >= 0.3 is 5.69 Å². The second-order valence-corrected chi connectivity index (χ2v) is 1.96. The van der Waals surface area contributed by atoms with Gasteiger partial charge in [-0.3, -0.25) is 4.57 Å². The van der Waals surface area contributed by atoms with Crippen molar-refractivity contribution in [2.75, 3.05) is 0 Å². The lowest BCUT2D eigenvalue weighted by Crippen LogP contribution is -2.24. The van der Waals surface area contributed by atoms with Crippen LogP contribution in [0.2, 0.25) is 0 Å². The molecule has 0 saturated heterocycles. The third-order valence-electron chi connectivity index (χ3n) is 1.19. The Morgan fingerprint density at radius 1 is 1.60 bits per heavy atom. The van der Waals surface area contributed by atoms with Gasteiger partial charge in [0.25, 0.3) is 0 Å². The number of nitrogens with zero attached hydrogens (tertiary/aromatic N) is 2. The molecular weight excluding hydrogens is 136 g/mol. The molecule has 0 saturated carbocycles. The van der Waals surface area contributed by atoms with Gasteiger partial charge in [-0.2, -0.15) is 0 Å². The zero-order valence-corrected chi connectivity index (χ0v) is 5.43. The Morgan fingerprint density at radius 3 is 2.40 bits per heavy atom. The van der Waals surface area contributed by atoms with Crippen LogP contribution in [0.4, 0.5) is 0 Å². The van der Waals surface area contributed by atoms with Gasteiger partial charge in [-0.05, 0) is 6.92 Å². The summed E-state index contributed by atoms with van der Waals surface area (Å²) in [6.45, 7) is 1.43. The third kappa shape index (κ3) is 0.906. The normalized spacial score (nSPS) is 13.4. The van der Waals surface area contributed by atoms with E-state index in [1.165, 1.54) is 13.1 Å². The average molecular weight is 144 g/mol. The summed E-state index contributed by atoms with van der Waals surface area (Å²) in [7, 11) is 0. The largest absolute Gasteiger partial charge is 0.424 e. The van der Waals surface area contributed by atoms with E-state index in [4.69, 9.17) is 10.3 Å². The van der Waals surface area contributed by atoms with Crippen molar-refractivity contribution in [3.8, 4) is 0 Å². The molecule has 0 bridgehead atoms. The highest BCUT2D eigenvalue weighted by Gasteiger charge is 2.04. The van der Waals surface area contributed by atoms with E-state index in [1.807, 2.05) is 0 Å². The summed E-state index contributed by atoms with van der Waals surface area (Å²) >= 11 is 0. The molecule has 1 rings (SSSR count). The predicted molar refractivity (Wildman–Crippen MR) is 32.8 cm³/mol. The Morgan fingerprint density at radius 2 is 2.20 bits per heavy atom. The van der Waals surface area contributed by atoms with Crippen LogP contribution in [0.5, 0.6) is 0 Å². The van der Waals surface area contributed by atoms with Crippen LogP contribution in [0.1, 0.15) is 13.2 Å². The second kappa shape index (κ2) is 2.18. The Kier molecular flexibility index (Phi) is 1.50. The molecule has 0 aliphatic heterocycles. The van der Waals surface area contributed by atoms with Gasteiger partial charge in [0.15, 0.2) is 0 Å². The molecule has 1 aromatic rings. The quantitative estimate of drug-likeness (QED) is 0.517. The minimum atomic E-state index is -0.902. The molecule has 0 aromatic carbocycles. The smallest absolute Gasteiger partial charge is 0.362 e. The number of hydrogen-bond donors (Lipinski definition) is 2. The molecule has 5 nitrogen and oxygen atoms in total. The number of aromatic nitrogens is 2. The van der Waals surface area contributed by atoms with Crippen LogP contribution in [0, 0.1) is 0 Å². The van der Waals surface area contributed by atoms with Crippen molar-refractivity contribution < 1.29 is 10.3 Å². The summed E-state index contributed by atoms with van der Waals surface area (Å²) in [5.74, 6) is 0. The van der Waals surface area contributed by atoms with Gasteiger partial charge in [0.1, 0.15) is 6.23 Å². The molecule has 0 radical (unpaired) electrons. The Labute approximate surface area is 56.7 Å². The molecule has 5 heteroatoms. The lowest BCUT2D eigenvalue weighted by atomic mass is 10.6. The van der Waals surface area contributed by atoms with Gasteiger partial charge in [0.2, 0.25) is 0 Å². The first-order valence-electron chi connectivity index (χ1n) is 2.79. The fourth-order valence-corrected chi connectivity index (χ4v) is 0.665. The highest BCUT2D eigenvalue weighted by atomic mass is 16.5. The van der Waals surface area contributed by atoms with Crippen LogP contribution in [-0.4, -0.2) is 19.6 Å². The van der Waals surface area contributed by atoms with E-state index in [-0.39, 0.29) is 0 Å². The molecule has 0 aliphatic carbocycles. The molecule has 10 heavy (non-hydrogen) atoms. The molecule has 1 unspecified atom stereocenters. The third-order valence-corrected chi connectivity index (χ3v) is 1.19. The second-order valence-electron chi connectivity index (χ2n) is 1.96. The van der Waals surface area contributed by atoms with Gasteiger partial charge in [-0.15, -0.1) is 4.73 Å². The molecule has 0 amide bonds. The van der Waals surface area contributed by atoms with Gasteiger partial charge in [0, 0.05) is 6.20 Å². The zero-order chi connectivity index (χ0) is 7.72. The summed E-state index contributed by atoms with van der Waals surface area (Å²) in [4.78, 5) is 10.7. The molecule has 1 aromatic heterocycles. The van der Waals surface area contributed by atoms with Crippen molar-refractivity contribution >= 4 is 0 Å². The molecule has 1 heterocycles. The minimum Gasteiger partial charge on any atom is -0.424 e. The Balaban J connectivity index is 3.18. The van der Waals surface area contributed by atoms with E-state index in [0.29, 0.717) is 4.73 Å². The molecule has 0 fully saturated rings. The topological polar surface area (TPSA) is 67.4 Å². The Hall–Kier alpha value is -1.23. The van der Waals surface area contributed by atoms with Gasteiger partial charge in [-0.1, -0.05) is 0 Å². The predicted octanol–water partition coefficient (Wildman–Crippen LogP) is -0.602. The van der Waals surface area contributed by atoms with Gasteiger partial charge < -0.3 is 10.3 Å². The van der Waals surface area contributed by atoms with Crippen molar-refractivity contribution in [3.63, 3.8) is 0 Å². The van der Waals surface area contributed by atoms with Crippen molar-refractivity contribution in [2.45, 2.75) is 13.2 Å². The van der Waals surface area contributed by atoms with Crippen molar-refractivity contribution in [1.29, 1.82) is 0 Å². The maximum atomic E-state index is 10.7. The fourth-order valence-electron chi connectivity index (χ4n) is 0.665. The molecule has 56 valence electrons. The molecule has 2 N–H and O–H groups in total. The Bertz CT molecular complexity index is 273. The van der Waals surface area contributed by atoms with E-state index in [9.17, 15) is 4.79 Å². The minimum absolute atomic E-state index is 0.409. The van der Waals surface area contributed by atoms with Crippen LogP contribution in [0.25, 0.3) is 0 Å². The SMILES string of the molecule is CC(O)n1ccn(O)c1=O. The first-order chi connectivity index (χ1) is 4.63. The molecule has 0 aliphatic rings. The zero-order valence-electron chi connectivity index (χ0n) is 5.43. The van der Waals surface area contributed by atoms with Gasteiger partial charge in [-0.25, -0.2) is 4.79 Å². The number of hydrogen-bond acceptors (Lipinski definition) is 3. The maximum absolute atomic E-state index is 10.7. The van der Waals surface area contributed by atoms with E-state index in [2.05, 4.69) is 0 Å². The number of aliphatic hydroxyl groups excluding tert-OH is 1. The number of rotatable bonds is 1. The van der Waals surface area contributed by atoms with E-state index < -0.39 is 11.9 Å². The number of aliphatic hydroxyl groups is 1. The highest BCUT2D eigenvalue weighted by molar-refractivity contribution is 4.78. The van der Waals surface area contributed by atoms with Crippen molar-refractivity contribution in [1.82, 2.24) is 9.30 Å². The summed E-state index contributed by atoms with van der Waals surface area (Å²) < 4.78 is 1.41. The van der Waals surface area contributed by atoms with Crippen LogP contribution >= 0.6 is 0 Å². The van der Waals surface area contributed by atoms with Crippen LogP contribution in [0.15, 0.2) is 17.2 Å². The van der Waals surface area contributed by atoms with Crippen molar-refractivity contribution in [2.24, 2.45) is 0 Å². The first kappa shape index (κ1) is 6.88. The van der Waals surface area contributed by atoms with Crippen molar-refractivity contribution in [3.05, 3.63) is 22.9 Å². The average Bonchev–Trinajstić information content (AvgIpc) is 2.14. The summed E-state index contributed by atoms with van der Waals surface area (Å²) in [6, 6.07) is 0. The summed E-state index contributed by atoms with van der Waals surface area (Å²) in [6.07, 6.45) is 1.56. The maximum Gasteiger partial charge on any atom is 0.362 e. The van der Waals surface area contributed by atoms with Crippen LogP contribution in [-0.2, 0) is 0 Å². The lowest BCUT2D eigenvalue weighted by molar-refractivity contribution is 0.108. The van der Waals surface area contributed by atoms with E-state index >= 15 is 0 Å². The van der Waals surface area contributed by atoms with Crippen LogP contribution in [0.3, 0.4) is 0 Å². The van der Waals surface area contributed by atoms with E-state index in [0.717, 1.165) is 10.8 Å².